The van der Waals surface area contributed by atoms with Gasteiger partial charge in [0.05, 0.1) is 0 Å². The Hall–Kier alpha value is -2.86. The second kappa shape index (κ2) is 4.85. The van der Waals surface area contributed by atoms with E-state index in [2.05, 4.69) is 73.8 Å². The predicted octanol–water partition coefficient (Wildman–Crippen LogP) is 6.43. The standard InChI is InChI=1S/C22H16/c1-3-15-5-7-17-11-22-14-20-10-16(4-2)6-8-18(20)12-21(22)13-19(17)9-15/h3-14H,1-2H2. The molecule has 0 heterocycles. The summed E-state index contributed by atoms with van der Waals surface area (Å²) in [5, 5.41) is 7.58. The molecule has 0 aliphatic carbocycles. The molecule has 0 N–H and O–H groups in total. The minimum absolute atomic E-state index is 1.16. The van der Waals surface area contributed by atoms with Gasteiger partial charge in [-0.05, 0) is 79.8 Å². The van der Waals surface area contributed by atoms with Gasteiger partial charge in [-0.25, -0.2) is 0 Å². The van der Waals surface area contributed by atoms with Crippen molar-refractivity contribution >= 4 is 44.5 Å². The lowest BCUT2D eigenvalue weighted by molar-refractivity contribution is 1.72. The van der Waals surface area contributed by atoms with E-state index in [1.54, 1.807) is 0 Å². The van der Waals surface area contributed by atoms with Gasteiger partial charge in [0.2, 0.25) is 0 Å². The van der Waals surface area contributed by atoms with Gasteiger partial charge in [-0.2, -0.15) is 0 Å². The van der Waals surface area contributed by atoms with Crippen molar-refractivity contribution in [1.82, 2.24) is 0 Å². The van der Waals surface area contributed by atoms with Crippen LogP contribution in [0, 0.1) is 0 Å². The molecule has 0 fully saturated rings. The zero-order chi connectivity index (χ0) is 15.1. The molecule has 0 amide bonds. The smallest absolute Gasteiger partial charge is 0.0171 e. The van der Waals surface area contributed by atoms with E-state index in [0.29, 0.717) is 0 Å². The largest absolute Gasteiger partial charge is 0.0985 e. The molecule has 22 heavy (non-hydrogen) atoms. The summed E-state index contributed by atoms with van der Waals surface area (Å²) in [6.07, 6.45) is 3.78. The lowest BCUT2D eigenvalue weighted by atomic mass is 9.98. The fourth-order valence-corrected chi connectivity index (χ4v) is 3.04. The Balaban J connectivity index is 2.06. The average molecular weight is 280 g/mol. The minimum Gasteiger partial charge on any atom is -0.0985 e. The molecule has 4 rings (SSSR count). The fraction of sp³-hybridized carbons (Fsp3) is 0. The number of fused-ring (bicyclic) bond motifs is 3. The lowest BCUT2D eigenvalue weighted by Gasteiger charge is -2.07. The Morgan fingerprint density at radius 3 is 1.23 bits per heavy atom. The molecule has 0 heteroatoms. The van der Waals surface area contributed by atoms with Crippen molar-refractivity contribution in [2.75, 3.05) is 0 Å². The molecular weight excluding hydrogens is 264 g/mol. The zero-order valence-electron chi connectivity index (χ0n) is 12.3. The van der Waals surface area contributed by atoms with Crippen molar-refractivity contribution in [2.45, 2.75) is 0 Å². The average Bonchev–Trinajstić information content (AvgIpc) is 2.57. The fourth-order valence-electron chi connectivity index (χ4n) is 3.04. The van der Waals surface area contributed by atoms with E-state index in [1.165, 1.54) is 32.3 Å². The zero-order valence-corrected chi connectivity index (χ0v) is 12.3. The molecule has 0 aliphatic rings. The molecule has 104 valence electrons. The maximum atomic E-state index is 3.85. The Kier molecular flexibility index (Phi) is 2.83. The summed E-state index contributed by atoms with van der Waals surface area (Å²) in [5.41, 5.74) is 2.31. The third-order valence-corrected chi connectivity index (χ3v) is 4.27. The first-order valence-corrected chi connectivity index (χ1v) is 7.43. The van der Waals surface area contributed by atoms with Crippen LogP contribution in [0.15, 0.2) is 73.8 Å². The molecule has 0 saturated heterocycles. The molecule has 0 bridgehead atoms. The normalized spacial score (nSPS) is 11.1. The number of hydrogen-bond acceptors (Lipinski definition) is 0. The van der Waals surface area contributed by atoms with E-state index in [0.717, 1.165) is 11.1 Å². The quantitative estimate of drug-likeness (QED) is 0.371. The number of hydrogen-bond donors (Lipinski definition) is 0. The summed E-state index contributed by atoms with van der Waals surface area (Å²) in [5.74, 6) is 0. The highest BCUT2D eigenvalue weighted by Gasteiger charge is 2.02. The highest BCUT2D eigenvalue weighted by atomic mass is 14.1. The molecule has 0 saturated carbocycles. The molecule has 4 aromatic carbocycles. The Bertz CT molecular complexity index is 965. The molecule has 0 aromatic heterocycles. The summed E-state index contributed by atoms with van der Waals surface area (Å²) >= 11 is 0. The van der Waals surface area contributed by atoms with Gasteiger partial charge in [0.15, 0.2) is 0 Å². The minimum atomic E-state index is 1.16. The van der Waals surface area contributed by atoms with E-state index >= 15 is 0 Å². The van der Waals surface area contributed by atoms with Gasteiger partial charge < -0.3 is 0 Å². The summed E-state index contributed by atoms with van der Waals surface area (Å²) in [6.45, 7) is 7.70. The monoisotopic (exact) mass is 280 g/mol. The highest BCUT2D eigenvalue weighted by Crippen LogP contribution is 2.28. The van der Waals surface area contributed by atoms with Crippen molar-refractivity contribution in [3.05, 3.63) is 84.9 Å². The summed E-state index contributed by atoms with van der Waals surface area (Å²) in [7, 11) is 0. The maximum absolute atomic E-state index is 3.85. The van der Waals surface area contributed by atoms with Gasteiger partial charge in [0.25, 0.3) is 0 Å². The maximum Gasteiger partial charge on any atom is -0.0171 e. The molecule has 0 nitrogen and oxygen atoms in total. The Labute approximate surface area is 130 Å². The lowest BCUT2D eigenvalue weighted by Crippen LogP contribution is -1.81. The first kappa shape index (κ1) is 12.8. The molecular formula is C22H16. The van der Waals surface area contributed by atoms with E-state index < -0.39 is 0 Å². The summed E-state index contributed by atoms with van der Waals surface area (Å²) in [6, 6.07) is 22.0. The van der Waals surface area contributed by atoms with Gasteiger partial charge in [0.1, 0.15) is 0 Å². The second-order valence-electron chi connectivity index (χ2n) is 5.67. The number of benzene rings is 4. The topological polar surface area (TPSA) is 0 Å². The van der Waals surface area contributed by atoms with Crippen LogP contribution in [0.3, 0.4) is 0 Å². The second-order valence-corrected chi connectivity index (χ2v) is 5.67. The van der Waals surface area contributed by atoms with Gasteiger partial charge in [-0.1, -0.05) is 49.6 Å². The van der Waals surface area contributed by atoms with Crippen LogP contribution in [-0.2, 0) is 0 Å². The molecule has 0 radical (unpaired) electrons. The Morgan fingerprint density at radius 1 is 0.455 bits per heavy atom. The van der Waals surface area contributed by atoms with Gasteiger partial charge >= 0.3 is 0 Å². The molecule has 0 aliphatic heterocycles. The predicted molar refractivity (Wildman–Crippen MR) is 99.1 cm³/mol. The van der Waals surface area contributed by atoms with Crippen LogP contribution >= 0.6 is 0 Å². The van der Waals surface area contributed by atoms with Crippen molar-refractivity contribution in [2.24, 2.45) is 0 Å². The molecule has 0 atom stereocenters. The van der Waals surface area contributed by atoms with Gasteiger partial charge in [-0.3, -0.25) is 0 Å². The van der Waals surface area contributed by atoms with Crippen LogP contribution in [0.5, 0.6) is 0 Å². The summed E-state index contributed by atoms with van der Waals surface area (Å²) < 4.78 is 0. The van der Waals surface area contributed by atoms with E-state index in [1.807, 2.05) is 12.2 Å². The van der Waals surface area contributed by atoms with Crippen LogP contribution in [0.25, 0.3) is 44.5 Å². The molecule has 0 spiro atoms. The van der Waals surface area contributed by atoms with E-state index in [-0.39, 0.29) is 0 Å². The van der Waals surface area contributed by atoms with Crippen LogP contribution in [0.2, 0.25) is 0 Å². The number of rotatable bonds is 2. The first-order valence-electron chi connectivity index (χ1n) is 7.43. The van der Waals surface area contributed by atoms with Crippen molar-refractivity contribution in [1.29, 1.82) is 0 Å². The van der Waals surface area contributed by atoms with Crippen LogP contribution in [-0.4, -0.2) is 0 Å². The van der Waals surface area contributed by atoms with Crippen LogP contribution in [0.4, 0.5) is 0 Å². The summed E-state index contributed by atoms with van der Waals surface area (Å²) in [4.78, 5) is 0. The van der Waals surface area contributed by atoms with Crippen molar-refractivity contribution in [3.63, 3.8) is 0 Å². The van der Waals surface area contributed by atoms with Crippen molar-refractivity contribution < 1.29 is 0 Å². The van der Waals surface area contributed by atoms with Crippen LogP contribution < -0.4 is 0 Å². The molecule has 0 unspecified atom stereocenters. The SMILES string of the molecule is C=Cc1ccc2cc3cc4cc(C=C)ccc4cc3cc2c1. The third kappa shape index (κ3) is 2.01. The first-order chi connectivity index (χ1) is 10.8. The van der Waals surface area contributed by atoms with Crippen LogP contribution in [0.1, 0.15) is 11.1 Å². The van der Waals surface area contributed by atoms with E-state index in [4.69, 9.17) is 0 Å². The van der Waals surface area contributed by atoms with Gasteiger partial charge in [-0.15, -0.1) is 0 Å². The third-order valence-electron chi connectivity index (χ3n) is 4.27. The van der Waals surface area contributed by atoms with Gasteiger partial charge in [0, 0.05) is 0 Å². The highest BCUT2D eigenvalue weighted by molar-refractivity contribution is 6.05. The van der Waals surface area contributed by atoms with Crippen molar-refractivity contribution in [3.8, 4) is 0 Å². The Morgan fingerprint density at radius 2 is 0.818 bits per heavy atom. The molecule has 4 aromatic rings. The van der Waals surface area contributed by atoms with E-state index in [9.17, 15) is 0 Å².